The summed E-state index contributed by atoms with van der Waals surface area (Å²) >= 11 is 0. The van der Waals surface area contributed by atoms with Gasteiger partial charge in [0.25, 0.3) is 0 Å². The molecule has 3 nitrogen and oxygen atoms in total. The average molecular weight is 194 g/mol. The molecule has 0 spiro atoms. The Hall–Kier alpha value is -0.280. The van der Waals surface area contributed by atoms with Gasteiger partial charge in [0.15, 0.2) is 0 Å². The first-order valence-corrected chi connectivity index (χ1v) is 4.15. The van der Waals surface area contributed by atoms with Crippen LogP contribution >= 0.6 is 12.4 Å². The molecule has 0 saturated carbocycles. The van der Waals surface area contributed by atoms with Gasteiger partial charge in [-0.1, -0.05) is 6.92 Å². The summed E-state index contributed by atoms with van der Waals surface area (Å²) < 4.78 is 0. The molecular formula is C8H16ClNO2. The van der Waals surface area contributed by atoms with Gasteiger partial charge in [0.05, 0.1) is 5.41 Å². The minimum atomic E-state index is -0.646. The number of halogens is 1. The van der Waals surface area contributed by atoms with Crippen molar-refractivity contribution in [2.45, 2.75) is 26.2 Å². The highest BCUT2D eigenvalue weighted by Crippen LogP contribution is 2.29. The van der Waals surface area contributed by atoms with Crippen molar-refractivity contribution >= 4 is 18.4 Å². The highest BCUT2D eigenvalue weighted by atomic mass is 35.5. The summed E-state index contributed by atoms with van der Waals surface area (Å²) in [5.41, 5.74) is -0.474. The monoisotopic (exact) mass is 193 g/mol. The van der Waals surface area contributed by atoms with Crippen molar-refractivity contribution in [2.24, 2.45) is 5.41 Å². The van der Waals surface area contributed by atoms with Crippen LogP contribution in [0.2, 0.25) is 0 Å². The van der Waals surface area contributed by atoms with Crippen molar-refractivity contribution in [3.05, 3.63) is 0 Å². The normalized spacial score (nSPS) is 29.1. The largest absolute Gasteiger partial charge is 0.481 e. The smallest absolute Gasteiger partial charge is 0.310 e. The number of hydrogen-bond acceptors (Lipinski definition) is 2. The number of piperidine rings is 1. The third-order valence-corrected chi connectivity index (χ3v) is 2.60. The predicted molar refractivity (Wildman–Crippen MR) is 49.7 cm³/mol. The molecule has 2 N–H and O–H groups in total. The number of hydrogen-bond donors (Lipinski definition) is 2. The third kappa shape index (κ3) is 2.11. The van der Waals surface area contributed by atoms with Gasteiger partial charge in [0.1, 0.15) is 0 Å². The molecule has 0 aliphatic carbocycles. The standard InChI is InChI=1S/C8H15NO2.ClH/c1-2-8(7(10)11)4-3-5-9-6-8;/h9H,2-6H2,1H3,(H,10,11);1H. The summed E-state index contributed by atoms with van der Waals surface area (Å²) in [4.78, 5) is 10.9. The van der Waals surface area contributed by atoms with E-state index in [4.69, 9.17) is 5.11 Å². The number of carbonyl (C=O) groups is 1. The number of rotatable bonds is 2. The Labute approximate surface area is 78.9 Å². The van der Waals surface area contributed by atoms with Crippen molar-refractivity contribution in [1.29, 1.82) is 0 Å². The van der Waals surface area contributed by atoms with Crippen LogP contribution < -0.4 is 5.32 Å². The van der Waals surface area contributed by atoms with Gasteiger partial charge >= 0.3 is 5.97 Å². The van der Waals surface area contributed by atoms with E-state index in [1.165, 1.54) is 0 Å². The van der Waals surface area contributed by atoms with Crippen LogP contribution in [0.1, 0.15) is 26.2 Å². The zero-order valence-corrected chi connectivity index (χ0v) is 8.12. The van der Waals surface area contributed by atoms with Gasteiger partial charge < -0.3 is 10.4 Å². The van der Waals surface area contributed by atoms with Crippen molar-refractivity contribution in [3.63, 3.8) is 0 Å². The van der Waals surface area contributed by atoms with Crippen LogP contribution in [0.4, 0.5) is 0 Å². The maximum Gasteiger partial charge on any atom is 0.310 e. The molecule has 1 saturated heterocycles. The van der Waals surface area contributed by atoms with Gasteiger partial charge in [-0.15, -0.1) is 12.4 Å². The minimum Gasteiger partial charge on any atom is -0.481 e. The lowest BCUT2D eigenvalue weighted by atomic mass is 9.78. The zero-order valence-electron chi connectivity index (χ0n) is 7.30. The van der Waals surface area contributed by atoms with E-state index in [9.17, 15) is 4.79 Å². The van der Waals surface area contributed by atoms with Crippen molar-refractivity contribution < 1.29 is 9.90 Å². The van der Waals surface area contributed by atoms with Crippen LogP contribution in [0.25, 0.3) is 0 Å². The molecule has 1 unspecified atom stereocenters. The quantitative estimate of drug-likeness (QED) is 0.695. The summed E-state index contributed by atoms with van der Waals surface area (Å²) in [6.45, 7) is 3.55. The first-order chi connectivity index (χ1) is 5.21. The van der Waals surface area contributed by atoms with Crippen LogP contribution in [-0.2, 0) is 4.79 Å². The van der Waals surface area contributed by atoms with Crippen LogP contribution in [0.5, 0.6) is 0 Å². The molecule has 1 fully saturated rings. The fraction of sp³-hybridized carbons (Fsp3) is 0.875. The van der Waals surface area contributed by atoms with Gasteiger partial charge in [-0.3, -0.25) is 4.79 Å². The number of aliphatic carboxylic acids is 1. The van der Waals surface area contributed by atoms with Crippen LogP contribution in [0.3, 0.4) is 0 Å². The molecule has 1 aliphatic rings. The zero-order chi connectivity index (χ0) is 8.32. The van der Waals surface area contributed by atoms with E-state index in [0.29, 0.717) is 6.54 Å². The Kier molecular flexibility index (Phi) is 4.57. The second-order valence-electron chi connectivity index (χ2n) is 3.22. The highest BCUT2D eigenvalue weighted by molar-refractivity contribution is 5.85. The minimum absolute atomic E-state index is 0. The van der Waals surface area contributed by atoms with Gasteiger partial charge in [-0.05, 0) is 25.8 Å². The second kappa shape index (κ2) is 4.67. The lowest BCUT2D eigenvalue weighted by Crippen LogP contribution is -2.45. The average Bonchev–Trinajstić information content (AvgIpc) is 2.05. The summed E-state index contributed by atoms with van der Waals surface area (Å²) in [6, 6.07) is 0. The maximum atomic E-state index is 10.9. The molecule has 1 aliphatic heterocycles. The summed E-state index contributed by atoms with van der Waals surface area (Å²) in [7, 11) is 0. The van der Waals surface area contributed by atoms with Crippen LogP contribution in [-0.4, -0.2) is 24.2 Å². The van der Waals surface area contributed by atoms with E-state index in [-0.39, 0.29) is 12.4 Å². The van der Waals surface area contributed by atoms with Gasteiger partial charge in [-0.25, -0.2) is 0 Å². The Bertz CT molecular complexity index is 155. The third-order valence-electron chi connectivity index (χ3n) is 2.60. The van der Waals surface area contributed by atoms with E-state index in [1.807, 2.05) is 6.92 Å². The SMILES string of the molecule is CCC1(C(=O)O)CCCNC1.Cl. The molecule has 1 atom stereocenters. The van der Waals surface area contributed by atoms with Crippen LogP contribution in [0, 0.1) is 5.41 Å². The molecule has 0 radical (unpaired) electrons. The van der Waals surface area contributed by atoms with E-state index < -0.39 is 11.4 Å². The second-order valence-corrected chi connectivity index (χ2v) is 3.22. The number of carboxylic acids is 1. The molecule has 4 heteroatoms. The molecule has 12 heavy (non-hydrogen) atoms. The fourth-order valence-corrected chi connectivity index (χ4v) is 1.60. The summed E-state index contributed by atoms with van der Waals surface area (Å²) in [5.74, 6) is -0.646. The van der Waals surface area contributed by atoms with Gasteiger partial charge in [-0.2, -0.15) is 0 Å². The topological polar surface area (TPSA) is 49.3 Å². The Morgan fingerprint density at radius 2 is 2.33 bits per heavy atom. The van der Waals surface area contributed by atoms with Crippen molar-refractivity contribution in [1.82, 2.24) is 5.32 Å². The van der Waals surface area contributed by atoms with Gasteiger partial charge in [0.2, 0.25) is 0 Å². The Morgan fingerprint density at radius 1 is 1.67 bits per heavy atom. The molecule has 0 amide bonds. The molecule has 0 bridgehead atoms. The van der Waals surface area contributed by atoms with E-state index >= 15 is 0 Å². The first kappa shape index (κ1) is 11.7. The van der Waals surface area contributed by atoms with E-state index in [2.05, 4.69) is 5.32 Å². The lowest BCUT2D eigenvalue weighted by molar-refractivity contribution is -0.150. The molecule has 72 valence electrons. The molecular weight excluding hydrogens is 178 g/mol. The summed E-state index contributed by atoms with van der Waals surface area (Å²) in [6.07, 6.45) is 2.54. The number of carboxylic acid groups (broad SMARTS) is 1. The van der Waals surface area contributed by atoms with Crippen molar-refractivity contribution in [3.8, 4) is 0 Å². The maximum absolute atomic E-state index is 10.9. The lowest BCUT2D eigenvalue weighted by Gasteiger charge is -2.32. The molecule has 0 aromatic heterocycles. The van der Waals surface area contributed by atoms with Gasteiger partial charge in [0, 0.05) is 6.54 Å². The Balaban J connectivity index is 0.00000121. The van der Waals surface area contributed by atoms with E-state index in [0.717, 1.165) is 25.8 Å². The fourth-order valence-electron chi connectivity index (χ4n) is 1.60. The summed E-state index contributed by atoms with van der Waals surface area (Å²) in [5, 5.41) is 12.1. The van der Waals surface area contributed by atoms with Crippen molar-refractivity contribution in [2.75, 3.05) is 13.1 Å². The van der Waals surface area contributed by atoms with E-state index in [1.54, 1.807) is 0 Å². The molecule has 0 aromatic rings. The molecule has 1 rings (SSSR count). The Morgan fingerprint density at radius 3 is 2.58 bits per heavy atom. The first-order valence-electron chi connectivity index (χ1n) is 4.15. The predicted octanol–water partition coefficient (Wildman–Crippen LogP) is 1.27. The molecule has 1 heterocycles. The molecule has 0 aromatic carbocycles. The van der Waals surface area contributed by atoms with Crippen LogP contribution in [0.15, 0.2) is 0 Å². The number of nitrogens with one attached hydrogen (secondary N) is 1. The highest BCUT2D eigenvalue weighted by Gasteiger charge is 2.37.